The Labute approximate surface area is 113 Å². The molecule has 2 rings (SSSR count). The molecule has 0 atom stereocenters. The van der Waals surface area contributed by atoms with Crippen LogP contribution in [-0.4, -0.2) is 41.9 Å². The first-order chi connectivity index (χ1) is 8.47. The van der Waals surface area contributed by atoms with Crippen LogP contribution in [0.25, 0.3) is 0 Å². The Bertz CT molecular complexity index is 386. The van der Waals surface area contributed by atoms with Gasteiger partial charge in [-0.2, -0.15) is 11.3 Å². The van der Waals surface area contributed by atoms with Gasteiger partial charge in [-0.25, -0.2) is 0 Å². The Morgan fingerprint density at radius 1 is 1.28 bits per heavy atom. The maximum Gasteiger partial charge on any atom is 0.228 e. The van der Waals surface area contributed by atoms with Crippen molar-refractivity contribution in [1.29, 1.82) is 0 Å². The van der Waals surface area contributed by atoms with Crippen LogP contribution in [0.4, 0.5) is 0 Å². The lowest BCUT2D eigenvalue weighted by molar-refractivity contribution is -0.141. The lowest BCUT2D eigenvalue weighted by Gasteiger charge is -2.37. The molecule has 1 amide bonds. The highest BCUT2D eigenvalue weighted by molar-refractivity contribution is 7.07. The Morgan fingerprint density at radius 3 is 2.44 bits per heavy atom. The van der Waals surface area contributed by atoms with E-state index in [1.54, 1.807) is 11.3 Å². The Balaban J connectivity index is 1.83. The van der Waals surface area contributed by atoms with Gasteiger partial charge in [0.05, 0.1) is 0 Å². The summed E-state index contributed by atoms with van der Waals surface area (Å²) >= 11 is 1.75. The second-order valence-electron chi connectivity index (χ2n) is 5.95. The highest BCUT2D eigenvalue weighted by Crippen LogP contribution is 2.19. The third-order valence-corrected chi connectivity index (χ3v) is 4.02. The summed E-state index contributed by atoms with van der Waals surface area (Å²) in [7, 11) is 0. The molecule has 4 heteroatoms. The van der Waals surface area contributed by atoms with Crippen LogP contribution in [0.15, 0.2) is 16.8 Å². The molecule has 18 heavy (non-hydrogen) atoms. The van der Waals surface area contributed by atoms with Gasteiger partial charge in [0.1, 0.15) is 0 Å². The molecule has 0 saturated carbocycles. The first-order valence-corrected chi connectivity index (χ1v) is 7.44. The molecule has 1 aliphatic rings. The third kappa shape index (κ3) is 3.33. The normalized spacial score (nSPS) is 18.1. The van der Waals surface area contributed by atoms with Crippen molar-refractivity contribution in [2.24, 2.45) is 5.41 Å². The molecule has 0 aromatic carbocycles. The molecular formula is C14H22N2OS. The van der Waals surface area contributed by atoms with E-state index in [1.165, 1.54) is 5.56 Å². The largest absolute Gasteiger partial charge is 0.340 e. The summed E-state index contributed by atoms with van der Waals surface area (Å²) < 4.78 is 0. The summed E-state index contributed by atoms with van der Waals surface area (Å²) in [5.41, 5.74) is 1.13. The molecule has 1 aromatic heterocycles. The van der Waals surface area contributed by atoms with Crippen molar-refractivity contribution >= 4 is 17.2 Å². The minimum atomic E-state index is -0.254. The number of nitrogens with zero attached hydrogens (tertiary/aromatic N) is 2. The number of amides is 1. The summed E-state index contributed by atoms with van der Waals surface area (Å²) in [5, 5.41) is 4.32. The number of piperazine rings is 1. The predicted molar refractivity (Wildman–Crippen MR) is 75.6 cm³/mol. The van der Waals surface area contributed by atoms with Crippen molar-refractivity contribution < 1.29 is 4.79 Å². The van der Waals surface area contributed by atoms with Gasteiger partial charge in [-0.05, 0) is 22.4 Å². The highest BCUT2D eigenvalue weighted by atomic mass is 32.1. The number of thiophene rings is 1. The molecule has 0 aliphatic carbocycles. The van der Waals surface area contributed by atoms with Crippen molar-refractivity contribution in [2.45, 2.75) is 27.3 Å². The van der Waals surface area contributed by atoms with Crippen molar-refractivity contribution in [1.82, 2.24) is 9.80 Å². The number of hydrogen-bond donors (Lipinski definition) is 0. The van der Waals surface area contributed by atoms with Crippen molar-refractivity contribution in [3.05, 3.63) is 22.4 Å². The van der Waals surface area contributed by atoms with E-state index in [1.807, 2.05) is 25.7 Å². The maximum absolute atomic E-state index is 12.2. The zero-order valence-electron chi connectivity index (χ0n) is 11.5. The van der Waals surface area contributed by atoms with Crippen LogP contribution in [0, 0.1) is 5.41 Å². The number of carbonyl (C=O) groups excluding carboxylic acids is 1. The van der Waals surface area contributed by atoms with E-state index in [-0.39, 0.29) is 11.3 Å². The number of carbonyl (C=O) groups is 1. The summed E-state index contributed by atoms with van der Waals surface area (Å²) in [5.74, 6) is 0.276. The molecule has 100 valence electrons. The lowest BCUT2D eigenvalue weighted by atomic mass is 9.94. The average Bonchev–Trinajstić information content (AvgIpc) is 2.81. The Kier molecular flexibility index (Phi) is 4.07. The van der Waals surface area contributed by atoms with Gasteiger partial charge in [0, 0.05) is 38.1 Å². The Hall–Kier alpha value is -0.870. The lowest BCUT2D eigenvalue weighted by Crippen LogP contribution is -2.51. The van der Waals surface area contributed by atoms with E-state index in [0.29, 0.717) is 0 Å². The van der Waals surface area contributed by atoms with Crippen LogP contribution in [0.5, 0.6) is 0 Å². The van der Waals surface area contributed by atoms with Gasteiger partial charge < -0.3 is 4.90 Å². The molecule has 3 nitrogen and oxygen atoms in total. The van der Waals surface area contributed by atoms with E-state index < -0.39 is 0 Å². The summed E-state index contributed by atoms with van der Waals surface area (Å²) in [6, 6.07) is 2.18. The SMILES string of the molecule is CC(C)(C)C(=O)N1CCN(Cc2ccsc2)CC1. The first-order valence-electron chi connectivity index (χ1n) is 6.49. The molecule has 0 unspecified atom stereocenters. The molecule has 1 aliphatic heterocycles. The van der Waals surface area contributed by atoms with Crippen LogP contribution in [-0.2, 0) is 11.3 Å². The monoisotopic (exact) mass is 266 g/mol. The molecule has 0 radical (unpaired) electrons. The molecule has 0 spiro atoms. The highest BCUT2D eigenvalue weighted by Gasteiger charge is 2.29. The van der Waals surface area contributed by atoms with Crippen LogP contribution < -0.4 is 0 Å². The minimum Gasteiger partial charge on any atom is -0.340 e. The predicted octanol–water partition coefficient (Wildman–Crippen LogP) is 2.44. The van der Waals surface area contributed by atoms with Gasteiger partial charge in [0.15, 0.2) is 0 Å². The molecular weight excluding hydrogens is 244 g/mol. The fraction of sp³-hybridized carbons (Fsp3) is 0.643. The maximum atomic E-state index is 12.2. The fourth-order valence-corrected chi connectivity index (χ4v) is 2.88. The molecule has 0 bridgehead atoms. The number of rotatable bonds is 2. The van der Waals surface area contributed by atoms with E-state index in [4.69, 9.17) is 0 Å². The zero-order valence-corrected chi connectivity index (χ0v) is 12.3. The van der Waals surface area contributed by atoms with Crippen LogP contribution in [0.1, 0.15) is 26.3 Å². The van der Waals surface area contributed by atoms with E-state index in [2.05, 4.69) is 21.7 Å². The molecule has 2 heterocycles. The number of hydrogen-bond acceptors (Lipinski definition) is 3. The van der Waals surface area contributed by atoms with E-state index >= 15 is 0 Å². The summed E-state index contributed by atoms with van der Waals surface area (Å²) in [6.45, 7) is 10.7. The second-order valence-corrected chi connectivity index (χ2v) is 6.73. The minimum absolute atomic E-state index is 0.254. The van der Waals surface area contributed by atoms with Gasteiger partial charge in [-0.1, -0.05) is 20.8 Å². The summed E-state index contributed by atoms with van der Waals surface area (Å²) in [6.07, 6.45) is 0. The van der Waals surface area contributed by atoms with Crippen LogP contribution in [0.3, 0.4) is 0 Å². The first kappa shape index (κ1) is 13.6. The second kappa shape index (κ2) is 5.41. The molecule has 0 N–H and O–H groups in total. The van der Waals surface area contributed by atoms with Crippen LogP contribution >= 0.6 is 11.3 Å². The zero-order chi connectivity index (χ0) is 13.2. The van der Waals surface area contributed by atoms with Gasteiger partial charge in [0.25, 0.3) is 0 Å². The standard InChI is InChI=1S/C14H22N2OS/c1-14(2,3)13(17)16-7-5-15(6-8-16)10-12-4-9-18-11-12/h4,9,11H,5-8,10H2,1-3H3. The summed E-state index contributed by atoms with van der Waals surface area (Å²) in [4.78, 5) is 16.6. The van der Waals surface area contributed by atoms with Gasteiger partial charge in [-0.3, -0.25) is 9.69 Å². The smallest absolute Gasteiger partial charge is 0.228 e. The average molecular weight is 266 g/mol. The fourth-order valence-electron chi connectivity index (χ4n) is 2.22. The molecule has 1 fully saturated rings. The van der Waals surface area contributed by atoms with Crippen molar-refractivity contribution in [2.75, 3.05) is 26.2 Å². The van der Waals surface area contributed by atoms with Crippen molar-refractivity contribution in [3.63, 3.8) is 0 Å². The van der Waals surface area contributed by atoms with Gasteiger partial charge in [0.2, 0.25) is 5.91 Å². The van der Waals surface area contributed by atoms with E-state index in [0.717, 1.165) is 32.7 Å². The molecule has 1 saturated heterocycles. The van der Waals surface area contributed by atoms with Crippen molar-refractivity contribution in [3.8, 4) is 0 Å². The molecule has 1 aromatic rings. The quantitative estimate of drug-likeness (QED) is 0.821. The third-order valence-electron chi connectivity index (χ3n) is 3.29. The van der Waals surface area contributed by atoms with E-state index in [9.17, 15) is 4.79 Å². The topological polar surface area (TPSA) is 23.6 Å². The Morgan fingerprint density at radius 2 is 1.94 bits per heavy atom. The van der Waals surface area contributed by atoms with Gasteiger partial charge in [-0.15, -0.1) is 0 Å². The van der Waals surface area contributed by atoms with Crippen LogP contribution in [0.2, 0.25) is 0 Å². The van der Waals surface area contributed by atoms with Gasteiger partial charge >= 0.3 is 0 Å².